The highest BCUT2D eigenvalue weighted by atomic mass is 32.2. The van der Waals surface area contributed by atoms with E-state index in [1.807, 2.05) is 34.0 Å². The quantitative estimate of drug-likeness (QED) is 0.333. The highest BCUT2D eigenvalue weighted by Gasteiger charge is 2.24. The van der Waals surface area contributed by atoms with E-state index in [2.05, 4.69) is 35.5 Å². The number of nitrogens with zero attached hydrogens (tertiary/aromatic N) is 6. The lowest BCUT2D eigenvalue weighted by atomic mass is 9.96. The summed E-state index contributed by atoms with van der Waals surface area (Å²) in [5, 5.41) is 10.7. The summed E-state index contributed by atoms with van der Waals surface area (Å²) in [5.74, 6) is 0.229. The van der Waals surface area contributed by atoms with Gasteiger partial charge in [0.25, 0.3) is 0 Å². The van der Waals surface area contributed by atoms with Gasteiger partial charge in [0, 0.05) is 43.2 Å². The number of hydrogen-bond donors (Lipinski definition) is 2. The zero-order chi connectivity index (χ0) is 27.2. The van der Waals surface area contributed by atoms with Crippen LogP contribution >= 0.6 is 0 Å². The minimum Gasteiger partial charge on any atom is -0.344 e. The van der Waals surface area contributed by atoms with Crippen LogP contribution in [-0.4, -0.2) is 55.5 Å². The molecule has 5 rings (SSSR count). The Morgan fingerprint density at radius 3 is 2.61 bits per heavy atom. The molecule has 0 aliphatic heterocycles. The lowest BCUT2D eigenvalue weighted by Crippen LogP contribution is -2.24. The lowest BCUT2D eigenvalue weighted by Gasteiger charge is -2.12. The number of hydrogen-bond acceptors (Lipinski definition) is 9. The number of nitrogens with one attached hydrogen (secondary N) is 2. The number of aromatic amines is 1. The molecule has 38 heavy (non-hydrogen) atoms. The summed E-state index contributed by atoms with van der Waals surface area (Å²) in [6.45, 7) is 5.66. The van der Waals surface area contributed by atoms with Gasteiger partial charge in [-0.3, -0.25) is 9.48 Å². The maximum Gasteiger partial charge on any atom is 0.315 e. The number of pyridine rings is 1. The Kier molecular flexibility index (Phi) is 6.10. The number of aromatic nitrogens is 7. The van der Waals surface area contributed by atoms with Gasteiger partial charge in [-0.1, -0.05) is 38.1 Å². The number of carbonyl (C=O) groups excluding carboxylic acids is 1. The topological polar surface area (TPSA) is 162 Å². The van der Waals surface area contributed by atoms with Crippen LogP contribution in [0.25, 0.3) is 33.7 Å². The number of carbonyl (C=O) groups is 1. The fraction of sp³-hybridized carbons (Fsp3) is 0.280. The number of rotatable bonds is 6. The van der Waals surface area contributed by atoms with E-state index in [4.69, 9.17) is 4.52 Å². The number of H-pyrrole nitrogens is 1. The van der Waals surface area contributed by atoms with Crippen molar-refractivity contribution in [1.29, 1.82) is 0 Å². The standard InChI is InChI=1S/C25H26N8O4S/c1-25(2,3)24-31-23(37-32-24)22(34)27-11-15-7-6-14(10-18(15)38(5,35)36)17-8-9-26-21-19(17)29-20(30-21)16-12-28-33(4)13-16/h6-10,12-13H,11H2,1-5H3,(H,27,34)(H,26,29,30). The summed E-state index contributed by atoms with van der Waals surface area (Å²) in [6, 6.07) is 6.84. The zero-order valence-corrected chi connectivity index (χ0v) is 22.3. The van der Waals surface area contributed by atoms with Crippen molar-refractivity contribution < 1.29 is 17.7 Å². The third kappa shape index (κ3) is 4.92. The molecule has 0 saturated heterocycles. The minimum atomic E-state index is -3.64. The molecule has 12 nitrogen and oxygen atoms in total. The number of imidazole rings is 1. The van der Waals surface area contributed by atoms with E-state index >= 15 is 0 Å². The minimum absolute atomic E-state index is 0.0459. The van der Waals surface area contributed by atoms with Gasteiger partial charge >= 0.3 is 11.8 Å². The van der Waals surface area contributed by atoms with Crippen LogP contribution in [0, 0.1) is 0 Å². The molecular weight excluding hydrogens is 508 g/mol. The molecule has 196 valence electrons. The molecule has 0 saturated carbocycles. The number of aryl methyl sites for hydroxylation is 1. The highest BCUT2D eigenvalue weighted by molar-refractivity contribution is 7.90. The van der Waals surface area contributed by atoms with Gasteiger partial charge in [-0.15, -0.1) is 0 Å². The second-order valence-electron chi connectivity index (χ2n) is 10.00. The van der Waals surface area contributed by atoms with Crippen LogP contribution in [0.3, 0.4) is 0 Å². The van der Waals surface area contributed by atoms with E-state index < -0.39 is 15.7 Å². The fourth-order valence-electron chi connectivity index (χ4n) is 3.92. The van der Waals surface area contributed by atoms with Gasteiger partial charge in [-0.05, 0) is 23.3 Å². The summed E-state index contributed by atoms with van der Waals surface area (Å²) in [7, 11) is -1.82. The van der Waals surface area contributed by atoms with E-state index in [1.54, 1.807) is 41.3 Å². The first-order valence-corrected chi connectivity index (χ1v) is 13.6. The summed E-state index contributed by atoms with van der Waals surface area (Å²) in [5.41, 5.74) is 3.39. The molecule has 5 aromatic rings. The first-order valence-electron chi connectivity index (χ1n) is 11.7. The van der Waals surface area contributed by atoms with Gasteiger partial charge in [0.05, 0.1) is 22.2 Å². The molecular formula is C25H26N8O4S. The van der Waals surface area contributed by atoms with Crippen LogP contribution in [-0.2, 0) is 28.8 Å². The van der Waals surface area contributed by atoms with Crippen molar-refractivity contribution >= 4 is 26.9 Å². The van der Waals surface area contributed by atoms with Crippen molar-refractivity contribution in [3.05, 3.63) is 60.1 Å². The molecule has 1 amide bonds. The summed E-state index contributed by atoms with van der Waals surface area (Å²) < 4.78 is 32.2. The zero-order valence-electron chi connectivity index (χ0n) is 21.5. The average molecular weight is 535 g/mol. The Labute approximate surface area is 218 Å². The molecule has 4 heterocycles. The third-order valence-electron chi connectivity index (χ3n) is 5.88. The van der Waals surface area contributed by atoms with Crippen LogP contribution < -0.4 is 5.32 Å². The third-order valence-corrected chi connectivity index (χ3v) is 7.06. The predicted molar refractivity (Wildman–Crippen MR) is 139 cm³/mol. The molecule has 2 N–H and O–H groups in total. The van der Waals surface area contributed by atoms with Crippen molar-refractivity contribution in [3.63, 3.8) is 0 Å². The van der Waals surface area contributed by atoms with Gasteiger partial charge in [-0.2, -0.15) is 10.1 Å². The lowest BCUT2D eigenvalue weighted by molar-refractivity contribution is 0.0906. The predicted octanol–water partition coefficient (Wildman–Crippen LogP) is 3.04. The smallest absolute Gasteiger partial charge is 0.315 e. The van der Waals surface area contributed by atoms with Crippen molar-refractivity contribution in [1.82, 2.24) is 40.2 Å². The molecule has 0 radical (unpaired) electrons. The van der Waals surface area contributed by atoms with Crippen LogP contribution in [0.1, 0.15) is 42.8 Å². The van der Waals surface area contributed by atoms with Gasteiger partial charge in [0.1, 0.15) is 5.82 Å². The SMILES string of the molecule is Cn1cc(-c2nc3nccc(-c4ccc(CNC(=O)c5nc(C(C)(C)C)no5)c(S(C)(=O)=O)c4)c3[nH]2)cn1. The van der Waals surface area contributed by atoms with Crippen LogP contribution in [0.4, 0.5) is 0 Å². The monoisotopic (exact) mass is 534 g/mol. The summed E-state index contributed by atoms with van der Waals surface area (Å²) >= 11 is 0. The van der Waals surface area contributed by atoms with Crippen LogP contribution in [0.5, 0.6) is 0 Å². The number of fused-ring (bicyclic) bond motifs is 1. The number of sulfone groups is 1. The Hall–Kier alpha value is -4.39. The Balaban J connectivity index is 1.46. The highest BCUT2D eigenvalue weighted by Crippen LogP contribution is 2.31. The first-order chi connectivity index (χ1) is 17.9. The van der Waals surface area contributed by atoms with E-state index in [9.17, 15) is 13.2 Å². The molecule has 4 aromatic heterocycles. The van der Waals surface area contributed by atoms with E-state index in [1.165, 1.54) is 0 Å². The molecule has 0 bridgehead atoms. The summed E-state index contributed by atoms with van der Waals surface area (Å²) in [4.78, 5) is 29.0. The Morgan fingerprint density at radius 1 is 1.16 bits per heavy atom. The summed E-state index contributed by atoms with van der Waals surface area (Å²) in [6.07, 6.45) is 6.28. The maximum absolute atomic E-state index is 12.7. The second-order valence-corrected chi connectivity index (χ2v) is 12.0. The second kappa shape index (κ2) is 9.17. The van der Waals surface area contributed by atoms with Gasteiger partial charge in [-0.25, -0.2) is 18.4 Å². The van der Waals surface area contributed by atoms with Crippen molar-refractivity contribution in [2.24, 2.45) is 7.05 Å². The molecule has 0 aliphatic rings. The van der Waals surface area contributed by atoms with E-state index in [0.29, 0.717) is 33.9 Å². The molecule has 1 aromatic carbocycles. The van der Waals surface area contributed by atoms with Crippen molar-refractivity contribution in [3.8, 4) is 22.5 Å². The molecule has 13 heteroatoms. The number of benzene rings is 1. The van der Waals surface area contributed by atoms with Crippen molar-refractivity contribution in [2.75, 3.05) is 6.26 Å². The molecule has 0 spiro atoms. The van der Waals surface area contributed by atoms with Gasteiger partial charge in [0.15, 0.2) is 21.3 Å². The van der Waals surface area contributed by atoms with E-state index in [0.717, 1.165) is 17.4 Å². The Bertz CT molecular complexity index is 1780. The van der Waals surface area contributed by atoms with E-state index in [-0.39, 0.29) is 22.7 Å². The first kappa shape index (κ1) is 25.3. The van der Waals surface area contributed by atoms with Crippen LogP contribution in [0.2, 0.25) is 0 Å². The van der Waals surface area contributed by atoms with Crippen molar-refractivity contribution in [2.45, 2.75) is 37.6 Å². The fourth-order valence-corrected chi connectivity index (χ4v) is 4.87. The Morgan fingerprint density at radius 2 is 1.95 bits per heavy atom. The van der Waals surface area contributed by atoms with Gasteiger partial charge < -0.3 is 14.8 Å². The maximum atomic E-state index is 12.7. The molecule has 0 fully saturated rings. The molecule has 0 aliphatic carbocycles. The molecule has 0 atom stereocenters. The van der Waals surface area contributed by atoms with Crippen LogP contribution in [0.15, 0.2) is 52.3 Å². The molecule has 0 unspecified atom stereocenters. The average Bonchev–Trinajstić information content (AvgIpc) is 3.60. The van der Waals surface area contributed by atoms with Gasteiger partial charge in [0.2, 0.25) is 0 Å². The number of amides is 1. The normalized spacial score (nSPS) is 12.2. The largest absolute Gasteiger partial charge is 0.344 e.